The number of aliphatic hydroxyl groups is 1. The Morgan fingerprint density at radius 3 is 2.90 bits per heavy atom. The van der Waals surface area contributed by atoms with Gasteiger partial charge in [-0.25, -0.2) is 18.4 Å². The quantitative estimate of drug-likeness (QED) is 0.503. The minimum atomic E-state index is -3.69. The van der Waals surface area contributed by atoms with Gasteiger partial charge < -0.3 is 20.1 Å². The monoisotopic (exact) mass is 447 g/mol. The summed E-state index contributed by atoms with van der Waals surface area (Å²) in [6.07, 6.45) is 5.11. The van der Waals surface area contributed by atoms with Crippen LogP contribution >= 0.6 is 0 Å². The fourth-order valence-corrected chi connectivity index (χ4v) is 5.05. The standard InChI is InChI=1S/C20H25N5O5S/c1-12-18(30-10-8-21-12)17-20(27)25(16(5-9-26)31(2,28)29)11-15(24-17)13-3-6-22-19-14(13)4-7-23-19/h3-4,6-7,11-12,16,18,21,26H,5,8-10H2,1-2H3,(H,22,23)/t12?,16?,18-/m1/s1. The van der Waals surface area contributed by atoms with Crippen LogP contribution in [0.15, 0.2) is 35.5 Å². The number of sulfone groups is 1. The van der Waals surface area contributed by atoms with E-state index in [0.29, 0.717) is 30.1 Å². The van der Waals surface area contributed by atoms with E-state index in [1.54, 1.807) is 18.5 Å². The number of hydrogen-bond acceptors (Lipinski definition) is 8. The Kier molecular flexibility index (Phi) is 5.93. The van der Waals surface area contributed by atoms with E-state index in [0.717, 1.165) is 16.2 Å². The summed E-state index contributed by atoms with van der Waals surface area (Å²) in [5, 5.41) is 12.3. The van der Waals surface area contributed by atoms with Crippen molar-refractivity contribution in [1.29, 1.82) is 0 Å². The number of H-pyrrole nitrogens is 1. The number of fused-ring (bicyclic) bond motifs is 1. The van der Waals surface area contributed by atoms with Crippen LogP contribution in [0.4, 0.5) is 0 Å². The molecule has 0 radical (unpaired) electrons. The number of aromatic nitrogens is 4. The van der Waals surface area contributed by atoms with Crippen molar-refractivity contribution < 1.29 is 18.3 Å². The van der Waals surface area contributed by atoms with Gasteiger partial charge in [0, 0.05) is 61.4 Å². The number of nitrogens with zero attached hydrogens (tertiary/aromatic N) is 3. The third-order valence-electron chi connectivity index (χ3n) is 5.46. The van der Waals surface area contributed by atoms with Gasteiger partial charge in [0.25, 0.3) is 5.56 Å². The van der Waals surface area contributed by atoms with Gasteiger partial charge in [-0.05, 0) is 19.1 Å². The maximum Gasteiger partial charge on any atom is 0.276 e. The van der Waals surface area contributed by atoms with Crippen LogP contribution in [-0.2, 0) is 14.6 Å². The van der Waals surface area contributed by atoms with Gasteiger partial charge in [-0.15, -0.1) is 0 Å². The predicted octanol–water partition coefficient (Wildman–Crippen LogP) is 0.762. The van der Waals surface area contributed by atoms with Gasteiger partial charge in [0.15, 0.2) is 9.84 Å². The van der Waals surface area contributed by atoms with Crippen molar-refractivity contribution >= 4 is 20.9 Å². The third-order valence-corrected chi connectivity index (χ3v) is 6.91. The van der Waals surface area contributed by atoms with Crippen LogP contribution in [-0.4, -0.2) is 65.1 Å². The predicted molar refractivity (Wildman–Crippen MR) is 115 cm³/mol. The Hall–Kier alpha value is -2.60. The molecule has 2 unspecified atom stereocenters. The molecule has 1 aliphatic rings. The first-order valence-electron chi connectivity index (χ1n) is 10.0. The maximum atomic E-state index is 13.4. The highest BCUT2D eigenvalue weighted by atomic mass is 32.2. The van der Waals surface area contributed by atoms with Crippen molar-refractivity contribution in [2.75, 3.05) is 26.0 Å². The number of morpholine rings is 1. The second-order valence-corrected chi connectivity index (χ2v) is 9.86. The second-order valence-electron chi connectivity index (χ2n) is 7.65. The summed E-state index contributed by atoms with van der Waals surface area (Å²) in [5.74, 6) is 0. The average molecular weight is 448 g/mol. The lowest BCUT2D eigenvalue weighted by Gasteiger charge is -2.30. The van der Waals surface area contributed by atoms with Crippen molar-refractivity contribution in [2.24, 2.45) is 0 Å². The molecule has 3 aromatic heterocycles. The topological polar surface area (TPSA) is 139 Å². The van der Waals surface area contributed by atoms with E-state index >= 15 is 0 Å². The summed E-state index contributed by atoms with van der Waals surface area (Å²) in [6.45, 7) is 2.56. The van der Waals surface area contributed by atoms with Crippen LogP contribution in [0.5, 0.6) is 0 Å². The van der Waals surface area contributed by atoms with E-state index in [9.17, 15) is 18.3 Å². The highest BCUT2D eigenvalue weighted by molar-refractivity contribution is 7.90. The van der Waals surface area contributed by atoms with Crippen LogP contribution in [0.3, 0.4) is 0 Å². The molecule has 4 rings (SSSR count). The molecule has 3 atom stereocenters. The molecule has 0 bridgehead atoms. The molecular weight excluding hydrogens is 422 g/mol. The minimum absolute atomic E-state index is 0.114. The third kappa shape index (κ3) is 4.13. The van der Waals surface area contributed by atoms with Crippen LogP contribution in [0.1, 0.15) is 30.5 Å². The van der Waals surface area contributed by atoms with Gasteiger partial charge in [-0.1, -0.05) is 0 Å². The molecule has 3 N–H and O–H groups in total. The number of aliphatic hydroxyl groups excluding tert-OH is 1. The lowest BCUT2D eigenvalue weighted by atomic mass is 10.1. The van der Waals surface area contributed by atoms with E-state index in [1.165, 1.54) is 6.20 Å². The van der Waals surface area contributed by atoms with Crippen molar-refractivity contribution in [3.8, 4) is 11.3 Å². The van der Waals surface area contributed by atoms with Crippen LogP contribution in [0.2, 0.25) is 0 Å². The summed E-state index contributed by atoms with van der Waals surface area (Å²) in [6, 6.07) is 3.43. The van der Waals surface area contributed by atoms with Gasteiger partial charge in [0.1, 0.15) is 22.8 Å². The molecule has 4 heterocycles. The number of aromatic amines is 1. The zero-order valence-corrected chi connectivity index (χ0v) is 18.1. The van der Waals surface area contributed by atoms with Crippen LogP contribution in [0, 0.1) is 0 Å². The Morgan fingerprint density at radius 2 is 2.19 bits per heavy atom. The fourth-order valence-electron chi connectivity index (χ4n) is 3.95. The SMILES string of the molecule is CC1NCCO[C@H]1c1nc(-c2ccnc3[nH]ccc23)cn(C(CCO)S(C)(=O)=O)c1=O. The number of rotatable bonds is 6. The van der Waals surface area contributed by atoms with Crippen LogP contribution < -0.4 is 10.9 Å². The molecule has 0 aliphatic carbocycles. The Morgan fingerprint density at radius 1 is 1.39 bits per heavy atom. The van der Waals surface area contributed by atoms with Crippen molar-refractivity contribution in [3.05, 3.63) is 46.8 Å². The molecule has 0 spiro atoms. The first-order chi connectivity index (χ1) is 14.8. The summed E-state index contributed by atoms with van der Waals surface area (Å²) in [4.78, 5) is 25.4. The van der Waals surface area contributed by atoms with Gasteiger partial charge >= 0.3 is 0 Å². The molecule has 3 aromatic rings. The average Bonchev–Trinajstić information content (AvgIpc) is 3.21. The normalized spacial score (nSPS) is 20.7. The molecule has 0 saturated carbocycles. The van der Waals surface area contributed by atoms with Gasteiger partial charge in [0.05, 0.1) is 12.3 Å². The van der Waals surface area contributed by atoms with E-state index in [4.69, 9.17) is 4.74 Å². The van der Waals surface area contributed by atoms with Crippen molar-refractivity contribution in [1.82, 2.24) is 24.8 Å². The summed E-state index contributed by atoms with van der Waals surface area (Å²) in [5.41, 5.74) is 1.36. The lowest BCUT2D eigenvalue weighted by Crippen LogP contribution is -2.45. The molecule has 0 aromatic carbocycles. The van der Waals surface area contributed by atoms with E-state index in [1.807, 2.05) is 13.0 Å². The van der Waals surface area contributed by atoms with Crippen molar-refractivity contribution in [2.45, 2.75) is 30.9 Å². The molecule has 1 aliphatic heterocycles. The number of ether oxygens (including phenoxy) is 1. The van der Waals surface area contributed by atoms with E-state index in [-0.39, 0.29) is 24.8 Å². The fraction of sp³-hybridized carbons (Fsp3) is 0.450. The Labute approximate surface area is 179 Å². The zero-order valence-electron chi connectivity index (χ0n) is 17.3. The first kappa shape index (κ1) is 21.6. The van der Waals surface area contributed by atoms with Gasteiger partial charge in [0.2, 0.25) is 0 Å². The zero-order chi connectivity index (χ0) is 22.2. The highest BCUT2D eigenvalue weighted by Crippen LogP contribution is 2.29. The molecular formula is C20H25N5O5S. The number of hydrogen-bond donors (Lipinski definition) is 3. The molecule has 11 heteroatoms. The summed E-state index contributed by atoms with van der Waals surface area (Å²) in [7, 11) is -3.69. The second kappa shape index (κ2) is 8.50. The van der Waals surface area contributed by atoms with Crippen molar-refractivity contribution in [3.63, 3.8) is 0 Å². The molecule has 0 amide bonds. The molecule has 1 fully saturated rings. The van der Waals surface area contributed by atoms with E-state index in [2.05, 4.69) is 20.3 Å². The largest absolute Gasteiger partial charge is 0.396 e. The Bertz CT molecular complexity index is 1250. The summed E-state index contributed by atoms with van der Waals surface area (Å²) >= 11 is 0. The van der Waals surface area contributed by atoms with Crippen LogP contribution in [0.25, 0.3) is 22.3 Å². The summed E-state index contributed by atoms with van der Waals surface area (Å²) < 4.78 is 32.0. The minimum Gasteiger partial charge on any atom is -0.396 e. The van der Waals surface area contributed by atoms with Gasteiger partial charge in [-0.3, -0.25) is 9.36 Å². The molecule has 166 valence electrons. The van der Waals surface area contributed by atoms with Gasteiger partial charge in [-0.2, -0.15) is 0 Å². The highest BCUT2D eigenvalue weighted by Gasteiger charge is 2.32. The smallest absolute Gasteiger partial charge is 0.276 e. The number of pyridine rings is 1. The molecule has 1 saturated heterocycles. The van der Waals surface area contributed by atoms with E-state index < -0.39 is 26.9 Å². The molecule has 10 nitrogen and oxygen atoms in total. The molecule has 31 heavy (non-hydrogen) atoms. The number of nitrogens with one attached hydrogen (secondary N) is 2. The Balaban J connectivity index is 1.98. The maximum absolute atomic E-state index is 13.4. The first-order valence-corrected chi connectivity index (χ1v) is 12.0. The lowest BCUT2D eigenvalue weighted by molar-refractivity contribution is -0.00398.